The molecule has 2 heterocycles. The molecule has 0 saturated carbocycles. The fourth-order valence-corrected chi connectivity index (χ4v) is 4.82. The highest BCUT2D eigenvalue weighted by Gasteiger charge is 2.49. The Morgan fingerprint density at radius 2 is 1.89 bits per heavy atom. The minimum Gasteiger partial charge on any atom is -0.349 e. The first kappa shape index (κ1) is 23.3. The molecule has 1 atom stereocenters. The number of unbranched alkanes of at least 4 members (excludes halogenated alkanes) is 4. The Morgan fingerprint density at radius 3 is 2.50 bits per heavy atom. The van der Waals surface area contributed by atoms with Crippen LogP contribution in [0.1, 0.15) is 66.2 Å². The first-order valence-corrected chi connectivity index (χ1v) is 11.6. The van der Waals surface area contributed by atoms with E-state index in [-0.39, 0.29) is 12.1 Å². The molecule has 2 saturated heterocycles. The fourth-order valence-electron chi connectivity index (χ4n) is 3.99. The molecule has 6 nitrogen and oxygen atoms in total. The van der Waals surface area contributed by atoms with Crippen molar-refractivity contribution in [2.75, 3.05) is 32.7 Å². The molecule has 0 spiro atoms. The highest BCUT2D eigenvalue weighted by Crippen LogP contribution is 2.27. The van der Waals surface area contributed by atoms with Gasteiger partial charge in [0.25, 0.3) is 5.91 Å². The topological polar surface area (TPSA) is 50.9 Å². The molecule has 0 bridgehead atoms. The number of nitrogens with one attached hydrogen (secondary N) is 2. The Hall–Kier alpha value is -0.990. The summed E-state index contributed by atoms with van der Waals surface area (Å²) < 4.78 is 0. The lowest BCUT2D eigenvalue weighted by Gasteiger charge is -2.48. The minimum absolute atomic E-state index is 0.0460. The van der Waals surface area contributed by atoms with E-state index in [1.165, 1.54) is 32.1 Å². The van der Waals surface area contributed by atoms with Gasteiger partial charge >= 0.3 is 0 Å². The molecule has 0 aliphatic carbocycles. The Bertz CT molecular complexity index is 569. The van der Waals surface area contributed by atoms with Gasteiger partial charge in [0.2, 0.25) is 0 Å². The number of carbonyl (C=O) groups excluding carboxylic acids is 1. The van der Waals surface area contributed by atoms with Gasteiger partial charge in [-0.3, -0.25) is 4.79 Å². The number of rotatable bonds is 9. The van der Waals surface area contributed by atoms with Crippen LogP contribution in [-0.2, 0) is 4.79 Å². The molecule has 0 aromatic carbocycles. The Labute approximate surface area is 181 Å². The average molecular weight is 428 g/mol. The van der Waals surface area contributed by atoms with E-state index >= 15 is 0 Å². The first-order valence-electron chi connectivity index (χ1n) is 10.8. The third-order valence-electron chi connectivity index (χ3n) is 5.65. The van der Waals surface area contributed by atoms with Crippen molar-refractivity contribution in [2.24, 2.45) is 0 Å². The molecule has 0 aromatic rings. The summed E-state index contributed by atoms with van der Waals surface area (Å²) in [5, 5.41) is 7.66. The van der Waals surface area contributed by atoms with Crippen LogP contribution < -0.4 is 10.6 Å². The van der Waals surface area contributed by atoms with E-state index in [1.54, 1.807) is 0 Å². The average Bonchev–Trinajstić information content (AvgIpc) is 2.87. The zero-order valence-corrected chi connectivity index (χ0v) is 19.6. The van der Waals surface area contributed by atoms with Crippen molar-refractivity contribution in [1.29, 1.82) is 0 Å². The number of carbonyl (C=O) groups is 1. The van der Waals surface area contributed by atoms with Gasteiger partial charge in [-0.25, -0.2) is 0 Å². The highest BCUT2D eigenvalue weighted by molar-refractivity contribution is 7.80. The number of hydrogen-bond acceptors (Lipinski definition) is 4. The molecule has 160 valence electrons. The van der Waals surface area contributed by atoms with Crippen LogP contribution >= 0.6 is 24.4 Å². The van der Waals surface area contributed by atoms with E-state index in [1.807, 2.05) is 18.7 Å². The van der Waals surface area contributed by atoms with Gasteiger partial charge in [0.15, 0.2) is 10.2 Å². The van der Waals surface area contributed by atoms with E-state index in [4.69, 9.17) is 24.4 Å². The summed E-state index contributed by atoms with van der Waals surface area (Å²) in [6.45, 7) is 12.7. The molecule has 2 aliphatic heterocycles. The molecular formula is C20H37N5OS2. The maximum Gasteiger partial charge on any atom is 0.251 e. The zero-order valence-electron chi connectivity index (χ0n) is 17.9. The molecule has 0 aromatic heterocycles. The van der Waals surface area contributed by atoms with Crippen molar-refractivity contribution in [3.05, 3.63) is 0 Å². The van der Waals surface area contributed by atoms with Crippen LogP contribution in [-0.4, -0.2) is 75.3 Å². The maximum absolute atomic E-state index is 12.4. The smallest absolute Gasteiger partial charge is 0.251 e. The van der Waals surface area contributed by atoms with Crippen LogP contribution in [0.4, 0.5) is 0 Å². The van der Waals surface area contributed by atoms with Gasteiger partial charge in [0, 0.05) is 32.7 Å². The van der Waals surface area contributed by atoms with Crippen LogP contribution in [0.2, 0.25) is 0 Å². The van der Waals surface area contributed by atoms with E-state index < -0.39 is 5.54 Å². The zero-order chi connectivity index (χ0) is 20.7. The number of piperazine rings is 1. The molecular weight excluding hydrogens is 390 g/mol. The van der Waals surface area contributed by atoms with Gasteiger partial charge in [-0.2, -0.15) is 0 Å². The molecule has 2 aliphatic rings. The quantitative estimate of drug-likeness (QED) is 0.433. The molecule has 0 radical (unpaired) electrons. The summed E-state index contributed by atoms with van der Waals surface area (Å²) in [6.07, 6.45) is 7.30. The predicted octanol–water partition coefficient (Wildman–Crippen LogP) is 2.68. The van der Waals surface area contributed by atoms with Crippen LogP contribution in [0.3, 0.4) is 0 Å². The second-order valence-corrected chi connectivity index (χ2v) is 9.00. The number of amides is 1. The van der Waals surface area contributed by atoms with Crippen LogP contribution in [0, 0.1) is 0 Å². The normalized spacial score (nSPS) is 21.8. The highest BCUT2D eigenvalue weighted by atomic mass is 32.1. The second kappa shape index (κ2) is 10.7. The maximum atomic E-state index is 12.4. The van der Waals surface area contributed by atoms with Crippen molar-refractivity contribution in [1.82, 2.24) is 25.3 Å². The van der Waals surface area contributed by atoms with Gasteiger partial charge in [0.05, 0.1) is 0 Å². The van der Waals surface area contributed by atoms with Gasteiger partial charge in [-0.15, -0.1) is 0 Å². The van der Waals surface area contributed by atoms with E-state index in [2.05, 4.69) is 34.3 Å². The lowest BCUT2D eigenvalue weighted by molar-refractivity contribution is -0.126. The van der Waals surface area contributed by atoms with Crippen molar-refractivity contribution in [3.8, 4) is 0 Å². The molecule has 1 amide bonds. The number of nitrogens with zero attached hydrogens (tertiary/aromatic N) is 3. The third-order valence-corrected chi connectivity index (χ3v) is 6.44. The summed E-state index contributed by atoms with van der Waals surface area (Å²) in [5.74, 6) is -0.0460. The van der Waals surface area contributed by atoms with Gasteiger partial charge in [-0.05, 0) is 51.1 Å². The molecule has 2 N–H and O–H groups in total. The Kier molecular flexibility index (Phi) is 8.89. The summed E-state index contributed by atoms with van der Waals surface area (Å²) in [4.78, 5) is 19.0. The fraction of sp³-hybridized carbons (Fsp3) is 0.850. The summed E-state index contributed by atoms with van der Waals surface area (Å²) in [7, 11) is 0. The summed E-state index contributed by atoms with van der Waals surface area (Å²) in [6, 6.07) is 0. The number of thiocarbonyl (C=S) groups is 2. The Balaban J connectivity index is 2.10. The first-order chi connectivity index (χ1) is 13.3. The van der Waals surface area contributed by atoms with E-state index in [0.29, 0.717) is 5.11 Å². The SMILES string of the molecule is CCCCCCCN(CCC)C(=S)N1CCNCC1N1C(=S)NC(=O)C1(C)C. The van der Waals surface area contributed by atoms with Crippen LogP contribution in [0.25, 0.3) is 0 Å². The molecule has 28 heavy (non-hydrogen) atoms. The number of hydrogen-bond donors (Lipinski definition) is 2. The standard InChI is InChI=1S/C20H37N5OS2/c1-5-7-8-9-10-13-23(12-6-2)19(28)24-14-11-21-15-16(24)25-18(27)22-17(26)20(25,3)4/h16,21H,5-15H2,1-4H3,(H,22,26,27). The molecule has 8 heteroatoms. The molecule has 2 rings (SSSR count). The summed E-state index contributed by atoms with van der Waals surface area (Å²) in [5.41, 5.74) is -0.676. The van der Waals surface area contributed by atoms with Crippen molar-refractivity contribution in [2.45, 2.75) is 77.9 Å². The van der Waals surface area contributed by atoms with Gasteiger partial charge < -0.3 is 25.3 Å². The van der Waals surface area contributed by atoms with Gasteiger partial charge in [-0.1, -0.05) is 39.5 Å². The van der Waals surface area contributed by atoms with Crippen LogP contribution in [0.15, 0.2) is 0 Å². The van der Waals surface area contributed by atoms with Gasteiger partial charge in [0.1, 0.15) is 11.7 Å². The van der Waals surface area contributed by atoms with Crippen molar-refractivity contribution < 1.29 is 4.79 Å². The van der Waals surface area contributed by atoms with Crippen molar-refractivity contribution in [3.63, 3.8) is 0 Å². The molecule has 2 fully saturated rings. The second-order valence-electron chi connectivity index (χ2n) is 8.25. The Morgan fingerprint density at radius 1 is 1.18 bits per heavy atom. The third kappa shape index (κ3) is 5.33. The van der Waals surface area contributed by atoms with E-state index in [0.717, 1.165) is 44.3 Å². The predicted molar refractivity (Wildman–Crippen MR) is 123 cm³/mol. The minimum atomic E-state index is -0.676. The lowest BCUT2D eigenvalue weighted by Crippen LogP contribution is -2.66. The van der Waals surface area contributed by atoms with Crippen LogP contribution in [0.5, 0.6) is 0 Å². The largest absolute Gasteiger partial charge is 0.349 e. The monoisotopic (exact) mass is 427 g/mol. The van der Waals surface area contributed by atoms with E-state index in [9.17, 15) is 4.79 Å². The van der Waals surface area contributed by atoms with Crippen molar-refractivity contribution >= 4 is 40.6 Å². The summed E-state index contributed by atoms with van der Waals surface area (Å²) >= 11 is 11.5. The lowest BCUT2D eigenvalue weighted by atomic mass is 10.0. The molecule has 1 unspecified atom stereocenters.